The Balaban J connectivity index is 1.22. The van der Waals surface area contributed by atoms with Crippen molar-refractivity contribution in [2.75, 3.05) is 78.7 Å². The van der Waals surface area contributed by atoms with Crippen molar-refractivity contribution < 1.29 is 41.7 Å². The van der Waals surface area contributed by atoms with Crippen molar-refractivity contribution in [2.24, 2.45) is 5.41 Å². The smallest absolute Gasteiger partial charge is 0.416 e. The van der Waals surface area contributed by atoms with E-state index in [-0.39, 0.29) is 35.9 Å². The van der Waals surface area contributed by atoms with E-state index in [1.165, 1.54) is 50.5 Å². The van der Waals surface area contributed by atoms with Crippen molar-refractivity contribution in [3.8, 4) is 17.2 Å². The molecule has 0 aliphatic carbocycles. The second kappa shape index (κ2) is 16.7. The number of carbonyl (C=O) groups excluding carboxylic acids is 2. The lowest BCUT2D eigenvalue weighted by Crippen LogP contribution is -2.42. The number of halogens is 3. The molecule has 3 heterocycles. The number of likely N-dealkylation sites (tertiary alicyclic amines) is 1. The molecule has 1 aromatic heterocycles. The van der Waals surface area contributed by atoms with Crippen LogP contribution in [0.2, 0.25) is 0 Å². The topological polar surface area (TPSA) is 98.6 Å². The number of benzene rings is 3. The Morgan fingerprint density at radius 3 is 2.28 bits per heavy atom. The number of imidazole rings is 1. The lowest BCUT2D eigenvalue weighted by Gasteiger charge is -2.31. The fourth-order valence-electron chi connectivity index (χ4n) is 7.65. The van der Waals surface area contributed by atoms with Gasteiger partial charge in [-0.3, -0.25) is 14.5 Å². The molecule has 3 aromatic carbocycles. The predicted octanol–water partition coefficient (Wildman–Crippen LogP) is 6.32. The number of amides is 2. The number of imide groups is 1. The summed E-state index contributed by atoms with van der Waals surface area (Å²) in [6.45, 7) is 7.69. The molecule has 0 bridgehead atoms. The standard InChI is InChI=1S/C40H48F3N5O6/c1-5-54-24-23-47-32-10-7-6-9-31(32)44-38(47)46-18-8-17-45(21-22-46)19-15-39(27-28-11-13-30(14-12-28)40(41,42)43)16-20-48(37(39)50)36(49)29-25-33(51-2)35(53-4)34(26-29)52-3/h6-7,9-14,25-26H,5,8,15-24,27H2,1-4H3. The van der Waals surface area contributed by atoms with Gasteiger partial charge in [0.1, 0.15) is 0 Å². The molecule has 2 fully saturated rings. The van der Waals surface area contributed by atoms with E-state index in [1.54, 1.807) is 0 Å². The highest BCUT2D eigenvalue weighted by Gasteiger charge is 2.49. The van der Waals surface area contributed by atoms with Gasteiger partial charge in [0.05, 0.1) is 49.9 Å². The highest BCUT2D eigenvalue weighted by atomic mass is 19.4. The molecule has 2 amide bonds. The molecule has 14 heteroatoms. The van der Waals surface area contributed by atoms with Crippen LogP contribution in [0.15, 0.2) is 60.7 Å². The summed E-state index contributed by atoms with van der Waals surface area (Å²) in [5, 5.41) is 0. The Morgan fingerprint density at radius 1 is 0.889 bits per heavy atom. The number of para-hydroxylation sites is 2. The van der Waals surface area contributed by atoms with Gasteiger partial charge in [-0.2, -0.15) is 13.2 Å². The van der Waals surface area contributed by atoms with Crippen molar-refractivity contribution in [3.63, 3.8) is 0 Å². The van der Waals surface area contributed by atoms with Gasteiger partial charge >= 0.3 is 6.18 Å². The van der Waals surface area contributed by atoms with Crippen LogP contribution in [0.5, 0.6) is 17.2 Å². The zero-order valence-electron chi connectivity index (χ0n) is 31.3. The molecule has 4 aromatic rings. The monoisotopic (exact) mass is 751 g/mol. The summed E-state index contributed by atoms with van der Waals surface area (Å²) in [5.74, 6) is 0.931. The van der Waals surface area contributed by atoms with Crippen LogP contribution in [0.1, 0.15) is 47.7 Å². The normalized spacial score (nSPS) is 18.3. The van der Waals surface area contributed by atoms with Crippen molar-refractivity contribution in [2.45, 2.75) is 45.3 Å². The molecular weight excluding hydrogens is 703 g/mol. The molecule has 1 unspecified atom stereocenters. The van der Waals surface area contributed by atoms with Gasteiger partial charge < -0.3 is 33.3 Å². The lowest BCUT2D eigenvalue weighted by molar-refractivity contribution is -0.138. The number of nitrogens with zero attached hydrogens (tertiary/aromatic N) is 5. The van der Waals surface area contributed by atoms with Gasteiger partial charge in [0.15, 0.2) is 11.5 Å². The van der Waals surface area contributed by atoms with Gasteiger partial charge in [-0.1, -0.05) is 24.3 Å². The van der Waals surface area contributed by atoms with Crippen molar-refractivity contribution in [1.29, 1.82) is 0 Å². The summed E-state index contributed by atoms with van der Waals surface area (Å²) in [6.07, 6.45) is -2.60. The number of alkyl halides is 3. The third kappa shape index (κ3) is 8.14. The molecule has 11 nitrogen and oxygen atoms in total. The number of methoxy groups -OCH3 is 3. The quantitative estimate of drug-likeness (QED) is 0.108. The minimum atomic E-state index is -4.48. The van der Waals surface area contributed by atoms with E-state index in [9.17, 15) is 22.8 Å². The second-order valence-electron chi connectivity index (χ2n) is 13.8. The van der Waals surface area contributed by atoms with Crippen molar-refractivity contribution in [3.05, 3.63) is 77.4 Å². The Labute approximate surface area is 313 Å². The van der Waals surface area contributed by atoms with Gasteiger partial charge in [-0.25, -0.2) is 4.98 Å². The van der Waals surface area contributed by atoms with Crippen LogP contribution in [0.25, 0.3) is 11.0 Å². The molecule has 2 saturated heterocycles. The molecule has 0 N–H and O–H groups in total. The zero-order valence-corrected chi connectivity index (χ0v) is 31.3. The molecule has 54 heavy (non-hydrogen) atoms. The van der Waals surface area contributed by atoms with Gasteiger partial charge in [0.25, 0.3) is 5.91 Å². The number of aromatic nitrogens is 2. The van der Waals surface area contributed by atoms with Crippen molar-refractivity contribution in [1.82, 2.24) is 19.4 Å². The molecule has 0 radical (unpaired) electrons. The molecule has 1 atom stereocenters. The number of rotatable bonds is 14. The zero-order chi connectivity index (χ0) is 38.5. The van der Waals surface area contributed by atoms with E-state index in [0.29, 0.717) is 50.5 Å². The first kappa shape index (κ1) is 38.9. The average Bonchev–Trinajstić information content (AvgIpc) is 3.59. The van der Waals surface area contributed by atoms with Crippen LogP contribution in [0.4, 0.5) is 19.1 Å². The van der Waals surface area contributed by atoms with Gasteiger partial charge in [-0.05, 0) is 87.7 Å². The molecule has 290 valence electrons. The summed E-state index contributed by atoms with van der Waals surface area (Å²) < 4.78 is 64.5. The van der Waals surface area contributed by atoms with Crippen LogP contribution < -0.4 is 19.1 Å². The number of fused-ring (bicyclic) bond motifs is 1. The predicted molar refractivity (Wildman–Crippen MR) is 198 cm³/mol. The third-order valence-corrected chi connectivity index (χ3v) is 10.6. The van der Waals surface area contributed by atoms with E-state index >= 15 is 0 Å². The maximum Gasteiger partial charge on any atom is 0.416 e. The minimum Gasteiger partial charge on any atom is -0.493 e. The Kier molecular flexibility index (Phi) is 12.0. The van der Waals surface area contributed by atoms with E-state index in [4.69, 9.17) is 23.9 Å². The maximum atomic E-state index is 14.5. The Hall–Kier alpha value is -4.82. The second-order valence-corrected chi connectivity index (χ2v) is 13.8. The van der Waals surface area contributed by atoms with Crippen LogP contribution in [0, 0.1) is 5.41 Å². The third-order valence-electron chi connectivity index (χ3n) is 10.6. The summed E-state index contributed by atoms with van der Waals surface area (Å²) in [5.41, 5.74) is 1.03. The average molecular weight is 752 g/mol. The first-order valence-corrected chi connectivity index (χ1v) is 18.3. The highest BCUT2D eigenvalue weighted by molar-refractivity contribution is 6.08. The fourth-order valence-corrected chi connectivity index (χ4v) is 7.65. The Bertz CT molecular complexity index is 1910. The summed E-state index contributed by atoms with van der Waals surface area (Å²) in [6, 6.07) is 16.1. The highest BCUT2D eigenvalue weighted by Crippen LogP contribution is 2.43. The van der Waals surface area contributed by atoms with E-state index in [0.717, 1.165) is 61.7 Å². The number of hydrogen-bond acceptors (Lipinski definition) is 9. The number of anilines is 1. The maximum absolute atomic E-state index is 14.5. The largest absolute Gasteiger partial charge is 0.493 e. The SMILES string of the molecule is CCOCCn1c(N2CCCN(CCC3(Cc4ccc(C(F)(F)F)cc4)CCN(C(=O)c4cc(OC)c(OC)c(OC)c4)C3=O)CC2)nc2ccccc21. The lowest BCUT2D eigenvalue weighted by atomic mass is 9.77. The van der Waals surface area contributed by atoms with Gasteiger partial charge in [0, 0.05) is 44.9 Å². The molecule has 2 aliphatic heterocycles. The minimum absolute atomic E-state index is 0.167. The van der Waals surface area contributed by atoms with E-state index in [2.05, 4.69) is 20.4 Å². The van der Waals surface area contributed by atoms with Crippen LogP contribution >= 0.6 is 0 Å². The van der Waals surface area contributed by atoms with Crippen LogP contribution in [-0.4, -0.2) is 105 Å². The number of ether oxygens (including phenoxy) is 4. The number of carbonyl (C=O) groups is 2. The first-order valence-electron chi connectivity index (χ1n) is 18.3. The molecule has 0 spiro atoms. The Morgan fingerprint density at radius 2 is 1.61 bits per heavy atom. The summed E-state index contributed by atoms with van der Waals surface area (Å²) in [7, 11) is 4.36. The molecule has 6 rings (SSSR count). The number of hydrogen-bond donors (Lipinski definition) is 0. The van der Waals surface area contributed by atoms with Gasteiger partial charge in [0.2, 0.25) is 17.6 Å². The van der Waals surface area contributed by atoms with Gasteiger partial charge in [-0.15, -0.1) is 0 Å². The van der Waals surface area contributed by atoms with E-state index in [1.807, 2.05) is 25.1 Å². The summed E-state index contributed by atoms with van der Waals surface area (Å²) in [4.78, 5) is 39.4. The molecule has 0 saturated carbocycles. The molecular formula is C40H48F3N5O6. The fraction of sp³-hybridized carbons (Fsp3) is 0.475. The van der Waals surface area contributed by atoms with E-state index < -0.39 is 23.1 Å². The van der Waals surface area contributed by atoms with Crippen LogP contribution in [-0.2, 0) is 28.7 Å². The first-order chi connectivity index (χ1) is 26.0. The van der Waals surface area contributed by atoms with Crippen molar-refractivity contribution >= 4 is 28.8 Å². The van der Waals surface area contributed by atoms with Crippen LogP contribution in [0.3, 0.4) is 0 Å². The molecule has 2 aliphatic rings. The summed E-state index contributed by atoms with van der Waals surface area (Å²) >= 11 is 0.